The summed E-state index contributed by atoms with van der Waals surface area (Å²) < 4.78 is 10.7. The van der Waals surface area contributed by atoms with Gasteiger partial charge >= 0.3 is 0 Å². The highest BCUT2D eigenvalue weighted by atomic mass is 32.2. The van der Waals surface area contributed by atoms with Gasteiger partial charge in [-0.05, 0) is 61.3 Å². The second-order valence-corrected chi connectivity index (χ2v) is 8.78. The van der Waals surface area contributed by atoms with Crippen LogP contribution in [0.2, 0.25) is 0 Å². The number of aromatic nitrogens is 3. The molecule has 0 saturated heterocycles. The molecule has 2 heterocycles. The Kier molecular flexibility index (Phi) is 5.96. The molecular weight excluding hydrogens is 416 g/mol. The Labute approximate surface area is 182 Å². The first-order chi connectivity index (χ1) is 14.6. The number of methoxy groups -OCH3 is 1. The second-order valence-electron chi connectivity index (χ2n) is 6.68. The van der Waals surface area contributed by atoms with Crippen molar-refractivity contribution in [3.05, 3.63) is 60.4 Å². The number of anilines is 1. The molecule has 0 aliphatic heterocycles. The van der Waals surface area contributed by atoms with Crippen LogP contribution in [0.1, 0.15) is 12.5 Å². The molecule has 4 aromatic rings. The largest absolute Gasteiger partial charge is 0.497 e. The monoisotopic (exact) mass is 436 g/mol. The number of para-hydroxylation sites is 1. The maximum Gasteiger partial charge on any atom is 0.237 e. The van der Waals surface area contributed by atoms with Gasteiger partial charge in [0.1, 0.15) is 33.0 Å². The van der Waals surface area contributed by atoms with Gasteiger partial charge in [-0.15, -0.1) is 0 Å². The highest BCUT2D eigenvalue weighted by Crippen LogP contribution is 2.36. The van der Waals surface area contributed by atoms with Crippen molar-refractivity contribution in [3.63, 3.8) is 0 Å². The normalized spacial score (nSPS) is 12.0. The lowest BCUT2D eigenvalue weighted by Gasteiger charge is -2.13. The number of hydrogen-bond acceptors (Lipinski definition) is 7. The number of carbonyl (C=O) groups excluding carboxylic acids is 1. The number of ether oxygens (including phenoxy) is 1. The quantitative estimate of drug-likeness (QED) is 0.331. The molecule has 0 radical (unpaired) electrons. The SMILES string of the molecule is COc1ccc(-c2nsc3c(S[C@@H](C)C(=O)Nc4ccccc4C)ncnc23)cc1. The molecule has 0 aliphatic rings. The van der Waals surface area contributed by atoms with Gasteiger partial charge in [0.25, 0.3) is 0 Å². The third-order valence-corrected chi connectivity index (χ3v) is 6.72. The van der Waals surface area contributed by atoms with Crippen molar-refractivity contribution in [2.45, 2.75) is 24.1 Å². The average Bonchev–Trinajstić information content (AvgIpc) is 3.20. The van der Waals surface area contributed by atoms with E-state index >= 15 is 0 Å². The molecule has 2 aromatic carbocycles. The highest BCUT2D eigenvalue weighted by molar-refractivity contribution is 8.00. The fourth-order valence-electron chi connectivity index (χ4n) is 2.93. The van der Waals surface area contributed by atoms with Gasteiger partial charge in [0.05, 0.1) is 12.4 Å². The van der Waals surface area contributed by atoms with E-state index in [0.29, 0.717) is 0 Å². The minimum Gasteiger partial charge on any atom is -0.497 e. The molecule has 0 unspecified atom stereocenters. The Morgan fingerprint density at radius 1 is 1.13 bits per heavy atom. The summed E-state index contributed by atoms with van der Waals surface area (Å²) in [5, 5.41) is 3.42. The van der Waals surface area contributed by atoms with Gasteiger partial charge in [0.2, 0.25) is 5.91 Å². The minimum absolute atomic E-state index is 0.0686. The smallest absolute Gasteiger partial charge is 0.237 e. The van der Waals surface area contributed by atoms with Gasteiger partial charge in [-0.25, -0.2) is 9.97 Å². The summed E-state index contributed by atoms with van der Waals surface area (Å²) >= 11 is 2.75. The summed E-state index contributed by atoms with van der Waals surface area (Å²) in [6.45, 7) is 3.84. The third kappa shape index (κ3) is 4.15. The maximum absolute atomic E-state index is 12.7. The number of thioether (sulfide) groups is 1. The van der Waals surface area contributed by atoms with Crippen molar-refractivity contribution >= 4 is 45.1 Å². The van der Waals surface area contributed by atoms with Crippen LogP contribution in [0.3, 0.4) is 0 Å². The summed E-state index contributed by atoms with van der Waals surface area (Å²) in [4.78, 5) is 21.5. The number of carbonyl (C=O) groups is 1. The Morgan fingerprint density at radius 3 is 2.63 bits per heavy atom. The number of hydrogen-bond donors (Lipinski definition) is 1. The Hall–Kier alpha value is -2.97. The average molecular weight is 437 g/mol. The standard InChI is InChI=1S/C22H20N4O2S2/c1-13-6-4-5-7-17(13)25-21(27)14(2)29-22-20-19(23-12-24-22)18(26-30-20)15-8-10-16(28-3)11-9-15/h4-12,14H,1-3H3,(H,25,27)/t14-/m0/s1. The van der Waals surface area contributed by atoms with E-state index in [-0.39, 0.29) is 11.2 Å². The number of rotatable bonds is 6. The molecule has 0 saturated carbocycles. The maximum atomic E-state index is 12.7. The van der Waals surface area contributed by atoms with E-state index in [9.17, 15) is 4.79 Å². The molecule has 6 nitrogen and oxygen atoms in total. The predicted octanol–water partition coefficient (Wildman–Crippen LogP) is 5.19. The van der Waals surface area contributed by atoms with E-state index in [2.05, 4.69) is 19.7 Å². The van der Waals surface area contributed by atoms with Crippen LogP contribution in [-0.4, -0.2) is 32.6 Å². The van der Waals surface area contributed by atoms with Gasteiger partial charge in [-0.1, -0.05) is 30.0 Å². The van der Waals surface area contributed by atoms with Gasteiger partial charge in [0.15, 0.2) is 0 Å². The summed E-state index contributed by atoms with van der Waals surface area (Å²) in [6, 6.07) is 15.4. The molecule has 1 amide bonds. The molecule has 1 atom stereocenters. The van der Waals surface area contributed by atoms with Crippen LogP contribution in [-0.2, 0) is 4.79 Å². The van der Waals surface area contributed by atoms with Crippen molar-refractivity contribution in [3.8, 4) is 17.0 Å². The second kappa shape index (κ2) is 8.81. The van der Waals surface area contributed by atoms with Crippen LogP contribution in [0, 0.1) is 6.92 Å². The minimum atomic E-state index is -0.325. The van der Waals surface area contributed by atoms with Crippen LogP contribution < -0.4 is 10.1 Å². The van der Waals surface area contributed by atoms with Crippen molar-refractivity contribution in [1.82, 2.24) is 14.3 Å². The summed E-state index contributed by atoms with van der Waals surface area (Å²) in [6.07, 6.45) is 1.53. The fourth-order valence-corrected chi connectivity index (χ4v) is 4.74. The van der Waals surface area contributed by atoms with Crippen LogP contribution in [0.5, 0.6) is 5.75 Å². The zero-order valence-electron chi connectivity index (χ0n) is 16.7. The van der Waals surface area contributed by atoms with Crippen LogP contribution in [0.15, 0.2) is 59.9 Å². The Balaban J connectivity index is 1.56. The molecule has 0 spiro atoms. The molecule has 1 N–H and O–H groups in total. The number of aryl methyl sites for hydroxylation is 1. The number of nitrogens with one attached hydrogen (secondary N) is 1. The van der Waals surface area contributed by atoms with Gasteiger partial charge in [-0.3, -0.25) is 4.79 Å². The lowest BCUT2D eigenvalue weighted by molar-refractivity contribution is -0.115. The van der Waals surface area contributed by atoms with Gasteiger partial charge in [-0.2, -0.15) is 4.37 Å². The Morgan fingerprint density at radius 2 is 1.90 bits per heavy atom. The van der Waals surface area contributed by atoms with E-state index in [1.54, 1.807) is 7.11 Å². The van der Waals surface area contributed by atoms with Crippen molar-refractivity contribution in [2.75, 3.05) is 12.4 Å². The van der Waals surface area contributed by atoms with E-state index in [0.717, 1.165) is 43.5 Å². The molecule has 30 heavy (non-hydrogen) atoms. The van der Waals surface area contributed by atoms with Crippen LogP contribution in [0.25, 0.3) is 21.5 Å². The molecule has 8 heteroatoms. The lowest BCUT2D eigenvalue weighted by atomic mass is 10.1. The van der Waals surface area contributed by atoms with Crippen molar-refractivity contribution < 1.29 is 9.53 Å². The first kappa shape index (κ1) is 20.3. The summed E-state index contributed by atoms with van der Waals surface area (Å²) in [5.41, 5.74) is 4.40. The van der Waals surface area contributed by atoms with E-state index < -0.39 is 0 Å². The molecule has 0 aliphatic carbocycles. The topological polar surface area (TPSA) is 77.0 Å². The molecule has 0 bridgehead atoms. The molecule has 2 aromatic heterocycles. The van der Waals surface area contributed by atoms with Crippen molar-refractivity contribution in [1.29, 1.82) is 0 Å². The number of amides is 1. The molecular formula is C22H20N4O2S2. The van der Waals surface area contributed by atoms with E-state index in [4.69, 9.17) is 4.74 Å². The van der Waals surface area contributed by atoms with Crippen LogP contribution >= 0.6 is 23.3 Å². The first-order valence-electron chi connectivity index (χ1n) is 9.34. The number of fused-ring (bicyclic) bond motifs is 1. The molecule has 0 fully saturated rings. The lowest BCUT2D eigenvalue weighted by Crippen LogP contribution is -2.22. The zero-order chi connectivity index (χ0) is 21.1. The highest BCUT2D eigenvalue weighted by Gasteiger charge is 2.20. The Bertz CT molecular complexity index is 1190. The van der Waals surface area contributed by atoms with E-state index in [1.165, 1.54) is 29.6 Å². The van der Waals surface area contributed by atoms with Crippen molar-refractivity contribution in [2.24, 2.45) is 0 Å². The first-order valence-corrected chi connectivity index (χ1v) is 11.0. The van der Waals surface area contributed by atoms with Gasteiger partial charge < -0.3 is 10.1 Å². The zero-order valence-corrected chi connectivity index (χ0v) is 18.4. The summed E-state index contributed by atoms with van der Waals surface area (Å²) in [7, 11) is 1.64. The third-order valence-electron chi connectivity index (χ3n) is 4.65. The number of nitrogens with zero attached hydrogens (tertiary/aromatic N) is 3. The van der Waals surface area contributed by atoms with E-state index in [1.807, 2.05) is 62.4 Å². The fraction of sp³-hybridized carbons (Fsp3) is 0.182. The summed E-state index contributed by atoms with van der Waals surface area (Å²) in [5.74, 6) is 0.721. The molecule has 4 rings (SSSR count). The van der Waals surface area contributed by atoms with Crippen LogP contribution in [0.4, 0.5) is 5.69 Å². The molecule has 152 valence electrons. The predicted molar refractivity (Wildman–Crippen MR) is 122 cm³/mol. The van der Waals surface area contributed by atoms with Gasteiger partial charge in [0, 0.05) is 11.3 Å². The number of benzene rings is 2.